The minimum atomic E-state index is -0.239. The van der Waals surface area contributed by atoms with Crippen molar-refractivity contribution < 1.29 is 4.79 Å². The third-order valence-corrected chi connectivity index (χ3v) is 2.10. The lowest BCUT2D eigenvalue weighted by atomic mass is 10.3. The van der Waals surface area contributed by atoms with Crippen LogP contribution >= 0.6 is 0 Å². The number of hydrogen-bond acceptors (Lipinski definition) is 2. The van der Waals surface area contributed by atoms with Crippen LogP contribution in [0.2, 0.25) is 0 Å². The number of carbonyl (C=O) groups excluding carboxylic acids is 1. The Hall–Kier alpha value is -1.10. The first-order valence-corrected chi connectivity index (χ1v) is 4.38. The summed E-state index contributed by atoms with van der Waals surface area (Å²) in [6.07, 6.45) is 0. The van der Waals surface area contributed by atoms with Crippen LogP contribution in [0.15, 0.2) is 4.99 Å². The Labute approximate surface area is 78.2 Å². The Morgan fingerprint density at radius 3 is 2.31 bits per heavy atom. The molecule has 0 aromatic rings. The molecule has 1 fully saturated rings. The fourth-order valence-electron chi connectivity index (χ4n) is 1.27. The number of carbonyl (C=O) groups is 1. The molecule has 0 bridgehead atoms. The van der Waals surface area contributed by atoms with Crippen LogP contribution in [0.4, 0.5) is 0 Å². The van der Waals surface area contributed by atoms with Crippen molar-refractivity contribution in [2.45, 2.75) is 6.92 Å². The number of rotatable bonds is 0. The molecule has 0 unspecified atom stereocenters. The highest BCUT2D eigenvalue weighted by atomic mass is 16.1. The molecule has 0 aromatic heterocycles. The summed E-state index contributed by atoms with van der Waals surface area (Å²) in [6, 6.07) is 0. The second-order valence-electron chi connectivity index (χ2n) is 3.28. The highest BCUT2D eigenvalue weighted by Crippen LogP contribution is 1.98. The van der Waals surface area contributed by atoms with Crippen molar-refractivity contribution >= 4 is 11.9 Å². The molecule has 5 heteroatoms. The number of aliphatic imine (C=N–C) groups is 1. The van der Waals surface area contributed by atoms with E-state index in [-0.39, 0.29) is 5.91 Å². The summed E-state index contributed by atoms with van der Waals surface area (Å²) in [7, 11) is 2.07. The van der Waals surface area contributed by atoms with E-state index in [1.165, 1.54) is 6.92 Å². The zero-order valence-corrected chi connectivity index (χ0v) is 8.16. The molecule has 5 nitrogen and oxygen atoms in total. The van der Waals surface area contributed by atoms with Gasteiger partial charge in [0.05, 0.1) is 0 Å². The van der Waals surface area contributed by atoms with Gasteiger partial charge in [-0.1, -0.05) is 0 Å². The smallest absolute Gasteiger partial charge is 0.245 e. The summed E-state index contributed by atoms with van der Waals surface area (Å²) in [5.74, 6) is 0.108. The Balaban J connectivity index is 2.49. The number of nitrogens with two attached hydrogens (primary N) is 1. The zero-order chi connectivity index (χ0) is 9.84. The summed E-state index contributed by atoms with van der Waals surface area (Å²) in [5.41, 5.74) is 5.63. The first-order valence-electron chi connectivity index (χ1n) is 4.38. The van der Waals surface area contributed by atoms with Crippen LogP contribution in [0.25, 0.3) is 0 Å². The van der Waals surface area contributed by atoms with E-state index in [4.69, 9.17) is 5.73 Å². The molecule has 74 valence electrons. The SMILES string of the molecule is CC(=O)/N=C(\N)N1CCN(C)CC1. The van der Waals surface area contributed by atoms with Crippen molar-refractivity contribution in [1.29, 1.82) is 0 Å². The highest BCUT2D eigenvalue weighted by Gasteiger charge is 2.15. The minimum Gasteiger partial charge on any atom is -0.369 e. The number of guanidine groups is 1. The summed E-state index contributed by atoms with van der Waals surface area (Å²) < 4.78 is 0. The predicted molar refractivity (Wildman–Crippen MR) is 51.4 cm³/mol. The van der Waals surface area contributed by atoms with E-state index in [1.54, 1.807) is 0 Å². The summed E-state index contributed by atoms with van der Waals surface area (Å²) >= 11 is 0. The van der Waals surface area contributed by atoms with Crippen LogP contribution in [-0.4, -0.2) is 54.9 Å². The fourth-order valence-corrected chi connectivity index (χ4v) is 1.27. The maximum atomic E-state index is 10.7. The minimum absolute atomic E-state index is 0.239. The first kappa shape index (κ1) is 9.98. The second-order valence-corrected chi connectivity index (χ2v) is 3.28. The van der Waals surface area contributed by atoms with Crippen LogP contribution in [-0.2, 0) is 4.79 Å². The Bertz CT molecular complexity index is 218. The maximum Gasteiger partial charge on any atom is 0.245 e. The maximum absolute atomic E-state index is 10.7. The monoisotopic (exact) mass is 184 g/mol. The molecule has 1 heterocycles. The standard InChI is InChI=1S/C8H16N4O/c1-7(13)10-8(9)12-5-3-11(2)4-6-12/h3-6H2,1-2H3,(H2,9,10,13). The van der Waals surface area contributed by atoms with E-state index in [2.05, 4.69) is 16.9 Å². The average molecular weight is 184 g/mol. The number of piperazine rings is 1. The fraction of sp³-hybridized carbons (Fsp3) is 0.750. The normalized spacial score (nSPS) is 20.5. The largest absolute Gasteiger partial charge is 0.369 e. The van der Waals surface area contributed by atoms with Gasteiger partial charge in [0.25, 0.3) is 0 Å². The van der Waals surface area contributed by atoms with Crippen molar-refractivity contribution in [2.75, 3.05) is 33.2 Å². The molecule has 1 aliphatic rings. The van der Waals surface area contributed by atoms with E-state index in [9.17, 15) is 4.79 Å². The number of nitrogens with zero attached hydrogens (tertiary/aromatic N) is 3. The molecule has 0 aliphatic carbocycles. The van der Waals surface area contributed by atoms with Crippen LogP contribution in [0.5, 0.6) is 0 Å². The van der Waals surface area contributed by atoms with Crippen LogP contribution in [0.1, 0.15) is 6.92 Å². The summed E-state index contributed by atoms with van der Waals surface area (Å²) in [4.78, 5) is 18.5. The molecule has 0 spiro atoms. The van der Waals surface area contributed by atoms with Crippen LogP contribution in [0.3, 0.4) is 0 Å². The summed E-state index contributed by atoms with van der Waals surface area (Å²) in [6.45, 7) is 5.03. The number of hydrogen-bond donors (Lipinski definition) is 1. The molecular formula is C8H16N4O. The molecule has 0 saturated carbocycles. The quantitative estimate of drug-likeness (QED) is 0.391. The van der Waals surface area contributed by atoms with Gasteiger partial charge in [-0.25, -0.2) is 0 Å². The van der Waals surface area contributed by atoms with Gasteiger partial charge in [0.2, 0.25) is 5.91 Å². The lowest BCUT2D eigenvalue weighted by Gasteiger charge is -2.32. The highest BCUT2D eigenvalue weighted by molar-refractivity contribution is 5.91. The lowest BCUT2D eigenvalue weighted by molar-refractivity contribution is -0.115. The van der Waals surface area contributed by atoms with Gasteiger partial charge in [-0.3, -0.25) is 4.79 Å². The average Bonchev–Trinajstić information content (AvgIpc) is 2.04. The van der Waals surface area contributed by atoms with Crippen LogP contribution < -0.4 is 5.73 Å². The molecule has 1 amide bonds. The van der Waals surface area contributed by atoms with Gasteiger partial charge in [0.15, 0.2) is 5.96 Å². The number of amides is 1. The van der Waals surface area contributed by atoms with Gasteiger partial charge in [0, 0.05) is 33.1 Å². The molecule has 1 saturated heterocycles. The molecule has 1 rings (SSSR count). The van der Waals surface area contributed by atoms with Crippen molar-refractivity contribution in [3.8, 4) is 0 Å². The van der Waals surface area contributed by atoms with Gasteiger partial charge in [-0.15, -0.1) is 0 Å². The molecule has 0 aromatic carbocycles. The van der Waals surface area contributed by atoms with Crippen molar-refractivity contribution in [1.82, 2.24) is 9.80 Å². The van der Waals surface area contributed by atoms with E-state index < -0.39 is 0 Å². The van der Waals surface area contributed by atoms with Crippen molar-refractivity contribution in [2.24, 2.45) is 10.7 Å². The topological polar surface area (TPSA) is 61.9 Å². The van der Waals surface area contributed by atoms with Crippen LogP contribution in [0, 0.1) is 0 Å². The zero-order valence-electron chi connectivity index (χ0n) is 8.16. The third-order valence-electron chi connectivity index (χ3n) is 2.10. The Kier molecular flexibility index (Phi) is 3.25. The van der Waals surface area contributed by atoms with Gasteiger partial charge in [0.1, 0.15) is 0 Å². The van der Waals surface area contributed by atoms with Gasteiger partial charge < -0.3 is 15.5 Å². The van der Waals surface area contributed by atoms with E-state index >= 15 is 0 Å². The van der Waals surface area contributed by atoms with E-state index in [0.717, 1.165) is 26.2 Å². The van der Waals surface area contributed by atoms with Gasteiger partial charge >= 0.3 is 0 Å². The molecule has 0 radical (unpaired) electrons. The molecule has 1 aliphatic heterocycles. The summed E-state index contributed by atoms with van der Waals surface area (Å²) in [5, 5.41) is 0. The number of likely N-dealkylation sites (N-methyl/N-ethyl adjacent to an activating group) is 1. The Morgan fingerprint density at radius 2 is 1.85 bits per heavy atom. The Morgan fingerprint density at radius 1 is 1.31 bits per heavy atom. The molecule has 0 atom stereocenters. The third kappa shape index (κ3) is 3.02. The molecule has 2 N–H and O–H groups in total. The van der Waals surface area contributed by atoms with E-state index in [1.807, 2.05) is 4.90 Å². The first-order chi connectivity index (χ1) is 6.09. The van der Waals surface area contributed by atoms with Gasteiger partial charge in [-0.2, -0.15) is 4.99 Å². The van der Waals surface area contributed by atoms with E-state index in [0.29, 0.717) is 5.96 Å². The second kappa shape index (κ2) is 4.23. The predicted octanol–water partition coefficient (Wildman–Crippen LogP) is -0.905. The van der Waals surface area contributed by atoms with Crippen molar-refractivity contribution in [3.63, 3.8) is 0 Å². The lowest BCUT2D eigenvalue weighted by Crippen LogP contribution is -2.50. The molecular weight excluding hydrogens is 168 g/mol. The van der Waals surface area contributed by atoms with Crippen molar-refractivity contribution in [3.05, 3.63) is 0 Å². The molecule has 13 heavy (non-hydrogen) atoms. The van der Waals surface area contributed by atoms with Gasteiger partial charge in [-0.05, 0) is 7.05 Å².